The largest absolute Gasteiger partial charge is 0.444 e. The summed E-state index contributed by atoms with van der Waals surface area (Å²) < 4.78 is 11.0. The van der Waals surface area contributed by atoms with Crippen molar-refractivity contribution in [1.82, 2.24) is 4.90 Å². The topological polar surface area (TPSA) is 38.8 Å². The molecular formula is C15H20BNO3. The molecule has 1 atom stereocenters. The number of hydrogen-bond acceptors (Lipinski definition) is 3. The molecule has 0 N–H and O–H groups in total. The monoisotopic (exact) mass is 273 g/mol. The lowest BCUT2D eigenvalue weighted by Crippen LogP contribution is -2.45. The molecule has 0 bridgehead atoms. The fourth-order valence-electron chi connectivity index (χ4n) is 2.14. The molecule has 4 nitrogen and oxygen atoms in total. The van der Waals surface area contributed by atoms with Crippen LogP contribution in [0.3, 0.4) is 0 Å². The van der Waals surface area contributed by atoms with Gasteiger partial charge in [-0.15, -0.1) is 0 Å². The first-order valence-corrected chi connectivity index (χ1v) is 6.79. The number of nitrogens with zero attached hydrogens (tertiary/aromatic N) is 1. The summed E-state index contributed by atoms with van der Waals surface area (Å²) in [4.78, 5) is 14.0. The Hall–Kier alpha value is -1.49. The molecule has 0 aromatic heterocycles. The number of ether oxygens (including phenoxy) is 2. The Balaban J connectivity index is 2.16. The van der Waals surface area contributed by atoms with E-state index in [1.54, 1.807) is 4.90 Å². The van der Waals surface area contributed by atoms with Gasteiger partial charge in [-0.1, -0.05) is 29.7 Å². The van der Waals surface area contributed by atoms with Gasteiger partial charge in [-0.05, 0) is 26.3 Å². The SMILES string of the molecule is [B]c1ccc(C2COCCN2C(=O)OC(C)(C)C)cc1. The lowest BCUT2D eigenvalue weighted by atomic mass is 9.93. The van der Waals surface area contributed by atoms with Crippen LogP contribution in [0.25, 0.3) is 0 Å². The maximum Gasteiger partial charge on any atom is 0.410 e. The van der Waals surface area contributed by atoms with E-state index in [1.165, 1.54) is 0 Å². The van der Waals surface area contributed by atoms with E-state index < -0.39 is 5.60 Å². The summed E-state index contributed by atoms with van der Waals surface area (Å²) in [5, 5.41) is 0. The van der Waals surface area contributed by atoms with Gasteiger partial charge in [-0.3, -0.25) is 4.90 Å². The zero-order valence-corrected chi connectivity index (χ0v) is 12.3. The fourth-order valence-corrected chi connectivity index (χ4v) is 2.14. The van der Waals surface area contributed by atoms with Crippen LogP contribution in [0.4, 0.5) is 4.79 Å². The molecule has 0 aliphatic carbocycles. The molecule has 1 aromatic rings. The zero-order valence-electron chi connectivity index (χ0n) is 12.3. The molecule has 0 saturated carbocycles. The number of amides is 1. The van der Waals surface area contributed by atoms with Gasteiger partial charge < -0.3 is 9.47 Å². The van der Waals surface area contributed by atoms with Crippen molar-refractivity contribution >= 4 is 19.4 Å². The number of hydrogen-bond donors (Lipinski definition) is 0. The summed E-state index contributed by atoms with van der Waals surface area (Å²) in [6.45, 7) is 7.13. The van der Waals surface area contributed by atoms with Gasteiger partial charge in [0.05, 0.1) is 19.3 Å². The molecule has 1 heterocycles. The summed E-state index contributed by atoms with van der Waals surface area (Å²) in [5.41, 5.74) is 1.21. The first-order chi connectivity index (χ1) is 9.37. The van der Waals surface area contributed by atoms with Crippen LogP contribution in [0.1, 0.15) is 32.4 Å². The number of carbonyl (C=O) groups is 1. The van der Waals surface area contributed by atoms with E-state index in [-0.39, 0.29) is 12.1 Å². The quantitative estimate of drug-likeness (QED) is 0.732. The average molecular weight is 273 g/mol. The second-order valence-corrected chi connectivity index (χ2v) is 5.93. The van der Waals surface area contributed by atoms with Crippen molar-refractivity contribution in [3.05, 3.63) is 29.8 Å². The molecule has 1 unspecified atom stereocenters. The van der Waals surface area contributed by atoms with Crippen molar-refractivity contribution < 1.29 is 14.3 Å². The molecule has 2 rings (SSSR count). The van der Waals surface area contributed by atoms with Crippen LogP contribution in [0.15, 0.2) is 24.3 Å². The highest BCUT2D eigenvalue weighted by Crippen LogP contribution is 2.25. The fraction of sp³-hybridized carbons (Fsp3) is 0.533. The van der Waals surface area contributed by atoms with Crippen LogP contribution in [0.2, 0.25) is 0 Å². The number of morpholine rings is 1. The molecule has 1 aromatic carbocycles. The van der Waals surface area contributed by atoms with Gasteiger partial charge in [0.15, 0.2) is 0 Å². The van der Waals surface area contributed by atoms with Gasteiger partial charge in [0, 0.05) is 6.54 Å². The Morgan fingerprint density at radius 3 is 2.60 bits per heavy atom. The van der Waals surface area contributed by atoms with Gasteiger partial charge in [0.25, 0.3) is 0 Å². The Kier molecular flexibility index (Phi) is 4.38. The van der Waals surface area contributed by atoms with Crippen LogP contribution < -0.4 is 5.46 Å². The van der Waals surface area contributed by atoms with Gasteiger partial charge in [0.1, 0.15) is 13.4 Å². The summed E-state index contributed by atoms with van der Waals surface area (Å²) in [6.07, 6.45) is -0.303. The van der Waals surface area contributed by atoms with Crippen molar-refractivity contribution in [1.29, 1.82) is 0 Å². The molecule has 0 spiro atoms. The molecule has 1 amide bonds. The Labute approximate surface area is 121 Å². The van der Waals surface area contributed by atoms with E-state index in [9.17, 15) is 4.79 Å². The van der Waals surface area contributed by atoms with Crippen molar-refractivity contribution in [2.24, 2.45) is 0 Å². The highest BCUT2D eigenvalue weighted by molar-refractivity contribution is 6.32. The summed E-state index contributed by atoms with van der Waals surface area (Å²) in [7, 11) is 5.70. The third-order valence-corrected chi connectivity index (χ3v) is 3.08. The van der Waals surface area contributed by atoms with Gasteiger partial charge in [0.2, 0.25) is 0 Å². The molecule has 5 heteroatoms. The normalized spacial score (nSPS) is 19.8. The lowest BCUT2D eigenvalue weighted by molar-refractivity contribution is -0.0331. The molecule has 1 fully saturated rings. The summed E-state index contributed by atoms with van der Waals surface area (Å²) in [6, 6.07) is 7.38. The molecule has 2 radical (unpaired) electrons. The second-order valence-electron chi connectivity index (χ2n) is 5.93. The van der Waals surface area contributed by atoms with E-state index >= 15 is 0 Å². The number of benzene rings is 1. The molecule has 1 aliphatic rings. The van der Waals surface area contributed by atoms with E-state index in [1.807, 2.05) is 45.0 Å². The Bertz CT molecular complexity index is 467. The smallest absolute Gasteiger partial charge is 0.410 e. The highest BCUT2D eigenvalue weighted by atomic mass is 16.6. The van der Waals surface area contributed by atoms with E-state index in [0.717, 1.165) is 5.56 Å². The summed E-state index contributed by atoms with van der Waals surface area (Å²) in [5.74, 6) is 0. The van der Waals surface area contributed by atoms with Crippen LogP contribution in [-0.2, 0) is 9.47 Å². The lowest BCUT2D eigenvalue weighted by Gasteiger charge is -2.36. The van der Waals surface area contributed by atoms with Crippen LogP contribution in [0, 0.1) is 0 Å². The van der Waals surface area contributed by atoms with Crippen LogP contribution >= 0.6 is 0 Å². The summed E-state index contributed by atoms with van der Waals surface area (Å²) >= 11 is 0. The van der Waals surface area contributed by atoms with Crippen molar-refractivity contribution in [2.45, 2.75) is 32.4 Å². The minimum atomic E-state index is -0.499. The van der Waals surface area contributed by atoms with Gasteiger partial charge in [-0.2, -0.15) is 0 Å². The maximum absolute atomic E-state index is 12.3. The van der Waals surface area contributed by atoms with Crippen LogP contribution in [-0.4, -0.2) is 44.2 Å². The molecular weight excluding hydrogens is 253 g/mol. The minimum Gasteiger partial charge on any atom is -0.444 e. The predicted molar refractivity (Wildman–Crippen MR) is 78.3 cm³/mol. The highest BCUT2D eigenvalue weighted by Gasteiger charge is 2.31. The van der Waals surface area contributed by atoms with Crippen molar-refractivity contribution in [3.8, 4) is 0 Å². The second kappa shape index (κ2) is 5.88. The number of carbonyl (C=O) groups excluding carboxylic acids is 1. The van der Waals surface area contributed by atoms with Gasteiger partial charge in [-0.25, -0.2) is 4.79 Å². The van der Waals surface area contributed by atoms with Crippen molar-refractivity contribution in [3.63, 3.8) is 0 Å². The third kappa shape index (κ3) is 3.76. The predicted octanol–water partition coefficient (Wildman–Crippen LogP) is 1.79. The van der Waals surface area contributed by atoms with E-state index in [2.05, 4.69) is 0 Å². The minimum absolute atomic E-state index is 0.126. The Morgan fingerprint density at radius 1 is 1.35 bits per heavy atom. The standard InChI is InChI=1S/C15H20BNO3/c1-15(2,3)20-14(18)17-8-9-19-10-13(17)11-4-6-12(16)7-5-11/h4-7,13H,8-10H2,1-3H3. The molecule has 1 aliphatic heterocycles. The molecule has 106 valence electrons. The zero-order chi connectivity index (χ0) is 14.8. The van der Waals surface area contributed by atoms with E-state index in [0.29, 0.717) is 25.2 Å². The first kappa shape index (κ1) is 14.9. The molecule has 1 saturated heterocycles. The number of rotatable bonds is 1. The average Bonchev–Trinajstić information content (AvgIpc) is 2.38. The van der Waals surface area contributed by atoms with Crippen molar-refractivity contribution in [2.75, 3.05) is 19.8 Å². The van der Waals surface area contributed by atoms with Gasteiger partial charge >= 0.3 is 6.09 Å². The van der Waals surface area contributed by atoms with E-state index in [4.69, 9.17) is 17.3 Å². The molecule has 20 heavy (non-hydrogen) atoms. The van der Waals surface area contributed by atoms with Crippen LogP contribution in [0.5, 0.6) is 0 Å². The third-order valence-electron chi connectivity index (χ3n) is 3.08. The maximum atomic E-state index is 12.3. The Morgan fingerprint density at radius 2 is 2.00 bits per heavy atom. The first-order valence-electron chi connectivity index (χ1n) is 6.79.